The predicted molar refractivity (Wildman–Crippen MR) is 90.6 cm³/mol. The SMILES string of the molecule is Cc1ccc(NC(=O)c2sccc2-c2ccccc2)c(O)c1. The minimum Gasteiger partial charge on any atom is -0.506 e. The molecular formula is C18H15NO2S. The van der Waals surface area contributed by atoms with Gasteiger partial charge in [-0.05, 0) is 41.6 Å². The van der Waals surface area contributed by atoms with Gasteiger partial charge in [0, 0.05) is 5.56 Å². The number of benzene rings is 2. The molecule has 110 valence electrons. The Morgan fingerprint density at radius 1 is 1.09 bits per heavy atom. The number of nitrogens with one attached hydrogen (secondary N) is 1. The van der Waals surface area contributed by atoms with Crippen molar-refractivity contribution in [3.63, 3.8) is 0 Å². The van der Waals surface area contributed by atoms with E-state index in [1.807, 2.05) is 54.8 Å². The first kappa shape index (κ1) is 14.4. The molecular weight excluding hydrogens is 294 g/mol. The third-order valence-corrected chi connectivity index (χ3v) is 4.27. The van der Waals surface area contributed by atoms with Crippen molar-refractivity contribution in [2.24, 2.45) is 0 Å². The summed E-state index contributed by atoms with van der Waals surface area (Å²) in [6.07, 6.45) is 0. The van der Waals surface area contributed by atoms with Gasteiger partial charge in [0.2, 0.25) is 0 Å². The molecule has 3 aromatic rings. The second kappa shape index (κ2) is 6.03. The van der Waals surface area contributed by atoms with Crippen LogP contribution in [0.1, 0.15) is 15.2 Å². The zero-order valence-corrected chi connectivity index (χ0v) is 12.9. The van der Waals surface area contributed by atoms with Crippen LogP contribution in [-0.4, -0.2) is 11.0 Å². The van der Waals surface area contributed by atoms with Crippen LogP contribution in [0.3, 0.4) is 0 Å². The van der Waals surface area contributed by atoms with E-state index >= 15 is 0 Å². The first-order valence-electron chi connectivity index (χ1n) is 6.89. The van der Waals surface area contributed by atoms with Gasteiger partial charge in [-0.3, -0.25) is 4.79 Å². The lowest BCUT2D eigenvalue weighted by Crippen LogP contribution is -2.11. The highest BCUT2D eigenvalue weighted by atomic mass is 32.1. The van der Waals surface area contributed by atoms with E-state index in [4.69, 9.17) is 0 Å². The van der Waals surface area contributed by atoms with Crippen molar-refractivity contribution in [1.82, 2.24) is 0 Å². The average Bonchev–Trinajstić information content (AvgIpc) is 3.00. The van der Waals surface area contributed by atoms with Crippen LogP contribution < -0.4 is 5.32 Å². The van der Waals surface area contributed by atoms with Crippen molar-refractivity contribution in [1.29, 1.82) is 0 Å². The first-order chi connectivity index (χ1) is 10.6. The topological polar surface area (TPSA) is 49.3 Å². The zero-order valence-electron chi connectivity index (χ0n) is 12.0. The largest absolute Gasteiger partial charge is 0.506 e. The number of hydrogen-bond donors (Lipinski definition) is 2. The Bertz CT molecular complexity index is 809. The molecule has 0 saturated carbocycles. The maximum absolute atomic E-state index is 12.5. The van der Waals surface area contributed by atoms with Crippen LogP contribution in [-0.2, 0) is 0 Å². The minimum atomic E-state index is -0.215. The highest BCUT2D eigenvalue weighted by Gasteiger charge is 2.15. The molecule has 1 heterocycles. The monoisotopic (exact) mass is 309 g/mol. The van der Waals surface area contributed by atoms with Crippen molar-refractivity contribution >= 4 is 22.9 Å². The Morgan fingerprint density at radius 2 is 1.86 bits per heavy atom. The number of thiophene rings is 1. The van der Waals surface area contributed by atoms with Crippen LogP contribution in [0.4, 0.5) is 5.69 Å². The number of amides is 1. The number of anilines is 1. The highest BCUT2D eigenvalue weighted by molar-refractivity contribution is 7.12. The lowest BCUT2D eigenvalue weighted by molar-refractivity contribution is 0.103. The van der Waals surface area contributed by atoms with Crippen LogP contribution in [0.5, 0.6) is 5.75 Å². The number of rotatable bonds is 3. The molecule has 0 aliphatic carbocycles. The Morgan fingerprint density at radius 3 is 2.59 bits per heavy atom. The van der Waals surface area contributed by atoms with E-state index in [9.17, 15) is 9.90 Å². The maximum atomic E-state index is 12.5. The van der Waals surface area contributed by atoms with Gasteiger partial charge in [0.1, 0.15) is 5.75 Å². The summed E-state index contributed by atoms with van der Waals surface area (Å²) in [5.41, 5.74) is 3.26. The van der Waals surface area contributed by atoms with E-state index in [0.717, 1.165) is 16.7 Å². The molecule has 0 radical (unpaired) electrons. The molecule has 2 N–H and O–H groups in total. The summed E-state index contributed by atoms with van der Waals surface area (Å²) in [4.78, 5) is 13.1. The molecule has 0 unspecified atom stereocenters. The van der Waals surface area contributed by atoms with Gasteiger partial charge in [-0.1, -0.05) is 36.4 Å². The van der Waals surface area contributed by atoms with Crippen molar-refractivity contribution in [2.45, 2.75) is 6.92 Å². The maximum Gasteiger partial charge on any atom is 0.266 e. The van der Waals surface area contributed by atoms with E-state index in [1.54, 1.807) is 12.1 Å². The van der Waals surface area contributed by atoms with Gasteiger partial charge in [-0.15, -0.1) is 11.3 Å². The molecule has 0 bridgehead atoms. The number of phenols is 1. The standard InChI is InChI=1S/C18H15NO2S/c1-12-7-8-15(16(20)11-12)19-18(21)17-14(9-10-22-17)13-5-3-2-4-6-13/h2-11,20H,1H3,(H,19,21). The molecule has 0 fully saturated rings. The van der Waals surface area contributed by atoms with Crippen molar-refractivity contribution in [2.75, 3.05) is 5.32 Å². The summed E-state index contributed by atoms with van der Waals surface area (Å²) in [6.45, 7) is 1.89. The second-order valence-corrected chi connectivity index (χ2v) is 5.92. The predicted octanol–water partition coefficient (Wildman–Crippen LogP) is 4.68. The van der Waals surface area contributed by atoms with E-state index in [0.29, 0.717) is 10.6 Å². The lowest BCUT2D eigenvalue weighted by Gasteiger charge is -2.08. The molecule has 3 nitrogen and oxygen atoms in total. The van der Waals surface area contributed by atoms with E-state index < -0.39 is 0 Å². The van der Waals surface area contributed by atoms with Crippen LogP contribution in [0.2, 0.25) is 0 Å². The van der Waals surface area contributed by atoms with Gasteiger partial charge < -0.3 is 10.4 Å². The van der Waals surface area contributed by atoms with Gasteiger partial charge in [0.05, 0.1) is 10.6 Å². The van der Waals surface area contributed by atoms with Crippen LogP contribution in [0.25, 0.3) is 11.1 Å². The van der Waals surface area contributed by atoms with Gasteiger partial charge in [-0.2, -0.15) is 0 Å². The fraction of sp³-hybridized carbons (Fsp3) is 0.0556. The minimum absolute atomic E-state index is 0.0752. The summed E-state index contributed by atoms with van der Waals surface area (Å²) >= 11 is 1.39. The number of phenolic OH excluding ortho intramolecular Hbond substituents is 1. The molecule has 4 heteroatoms. The third kappa shape index (κ3) is 2.87. The molecule has 1 amide bonds. The fourth-order valence-electron chi connectivity index (χ4n) is 2.26. The Balaban J connectivity index is 1.89. The molecule has 0 aliphatic rings. The summed E-state index contributed by atoms with van der Waals surface area (Å²) in [5, 5.41) is 14.6. The smallest absolute Gasteiger partial charge is 0.266 e. The molecule has 2 aromatic carbocycles. The summed E-state index contributed by atoms with van der Waals surface area (Å²) in [6, 6.07) is 16.9. The van der Waals surface area contributed by atoms with Crippen molar-refractivity contribution < 1.29 is 9.90 Å². The number of carbonyl (C=O) groups is 1. The fourth-order valence-corrected chi connectivity index (χ4v) is 3.07. The number of carbonyl (C=O) groups excluding carboxylic acids is 1. The molecule has 3 rings (SSSR count). The third-order valence-electron chi connectivity index (χ3n) is 3.36. The molecule has 0 atom stereocenters. The van der Waals surface area contributed by atoms with E-state index in [1.165, 1.54) is 11.3 Å². The second-order valence-electron chi connectivity index (χ2n) is 5.00. The highest BCUT2D eigenvalue weighted by Crippen LogP contribution is 2.30. The Kier molecular flexibility index (Phi) is 3.94. The van der Waals surface area contributed by atoms with Crippen molar-refractivity contribution in [3.05, 3.63) is 70.4 Å². The Labute approximate surface area is 132 Å². The number of aryl methyl sites for hydroxylation is 1. The van der Waals surface area contributed by atoms with Crippen molar-refractivity contribution in [3.8, 4) is 16.9 Å². The zero-order chi connectivity index (χ0) is 15.5. The first-order valence-corrected chi connectivity index (χ1v) is 7.77. The molecule has 22 heavy (non-hydrogen) atoms. The Hall–Kier alpha value is -2.59. The van der Waals surface area contributed by atoms with E-state index in [-0.39, 0.29) is 11.7 Å². The number of hydrogen-bond acceptors (Lipinski definition) is 3. The lowest BCUT2D eigenvalue weighted by atomic mass is 10.1. The van der Waals surface area contributed by atoms with Gasteiger partial charge in [0.25, 0.3) is 5.91 Å². The molecule has 0 aliphatic heterocycles. The summed E-state index contributed by atoms with van der Waals surface area (Å²) in [7, 11) is 0. The molecule has 0 saturated heterocycles. The van der Waals surface area contributed by atoms with Gasteiger partial charge >= 0.3 is 0 Å². The number of aromatic hydroxyl groups is 1. The van der Waals surface area contributed by atoms with Gasteiger partial charge in [0.15, 0.2) is 0 Å². The molecule has 0 spiro atoms. The van der Waals surface area contributed by atoms with E-state index in [2.05, 4.69) is 5.32 Å². The molecule has 1 aromatic heterocycles. The van der Waals surface area contributed by atoms with Gasteiger partial charge in [-0.25, -0.2) is 0 Å². The summed E-state index contributed by atoms with van der Waals surface area (Å²) < 4.78 is 0. The van der Waals surface area contributed by atoms with Crippen LogP contribution >= 0.6 is 11.3 Å². The quantitative estimate of drug-likeness (QED) is 0.690. The normalized spacial score (nSPS) is 10.4. The van der Waals surface area contributed by atoms with Crippen LogP contribution in [0, 0.1) is 6.92 Å². The average molecular weight is 309 g/mol. The summed E-state index contributed by atoms with van der Waals surface area (Å²) in [5.74, 6) is -0.140. The van der Waals surface area contributed by atoms with Crippen LogP contribution in [0.15, 0.2) is 60.0 Å².